The topological polar surface area (TPSA) is 64.9 Å². The fourth-order valence-electron chi connectivity index (χ4n) is 0.757. The average Bonchev–Trinajstić information content (AvgIpc) is 2.07. The highest BCUT2D eigenvalue weighted by atomic mass is 16.1. The maximum atomic E-state index is 10.9. The SMILES string of the molecule is CCNC(=O)CNC(C#N)CC. The number of amides is 1. The smallest absolute Gasteiger partial charge is 0.233 e. The van der Waals surface area contributed by atoms with Gasteiger partial charge < -0.3 is 5.32 Å². The van der Waals surface area contributed by atoms with E-state index >= 15 is 0 Å². The molecule has 0 saturated heterocycles. The van der Waals surface area contributed by atoms with Gasteiger partial charge in [-0.25, -0.2) is 0 Å². The Bertz CT molecular complexity index is 174. The molecule has 0 aromatic carbocycles. The molecule has 0 aromatic heterocycles. The van der Waals surface area contributed by atoms with Crippen molar-refractivity contribution in [3.05, 3.63) is 0 Å². The monoisotopic (exact) mass is 169 g/mol. The fourth-order valence-corrected chi connectivity index (χ4v) is 0.757. The predicted octanol–water partition coefficient (Wildman–Crippen LogP) is 0.0143. The molecule has 0 radical (unpaired) electrons. The summed E-state index contributed by atoms with van der Waals surface area (Å²) in [5.74, 6) is -0.0637. The Morgan fingerprint density at radius 1 is 1.58 bits per heavy atom. The first-order valence-electron chi connectivity index (χ1n) is 4.14. The highest BCUT2D eigenvalue weighted by Crippen LogP contribution is 1.85. The molecule has 1 atom stereocenters. The van der Waals surface area contributed by atoms with Gasteiger partial charge in [0.05, 0.1) is 18.7 Å². The van der Waals surface area contributed by atoms with Gasteiger partial charge in [0.1, 0.15) is 0 Å². The molecular weight excluding hydrogens is 154 g/mol. The number of nitriles is 1. The number of nitrogens with zero attached hydrogens (tertiary/aromatic N) is 1. The molecule has 2 N–H and O–H groups in total. The van der Waals surface area contributed by atoms with E-state index in [0.717, 1.165) is 6.42 Å². The van der Waals surface area contributed by atoms with Crippen LogP contribution in [0.1, 0.15) is 20.3 Å². The summed E-state index contributed by atoms with van der Waals surface area (Å²) in [5, 5.41) is 14.0. The third-order valence-electron chi connectivity index (χ3n) is 1.45. The van der Waals surface area contributed by atoms with Crippen molar-refractivity contribution in [2.75, 3.05) is 13.1 Å². The van der Waals surface area contributed by atoms with Crippen molar-refractivity contribution < 1.29 is 4.79 Å². The van der Waals surface area contributed by atoms with Crippen molar-refractivity contribution in [3.63, 3.8) is 0 Å². The third kappa shape index (κ3) is 4.69. The van der Waals surface area contributed by atoms with Gasteiger partial charge in [0.15, 0.2) is 0 Å². The lowest BCUT2D eigenvalue weighted by atomic mass is 10.2. The zero-order chi connectivity index (χ0) is 9.40. The Hall–Kier alpha value is -1.08. The van der Waals surface area contributed by atoms with E-state index in [9.17, 15) is 4.79 Å². The van der Waals surface area contributed by atoms with Crippen LogP contribution in [-0.4, -0.2) is 25.0 Å². The van der Waals surface area contributed by atoms with Gasteiger partial charge in [-0.15, -0.1) is 0 Å². The minimum Gasteiger partial charge on any atom is -0.355 e. The molecule has 0 aliphatic heterocycles. The first kappa shape index (κ1) is 10.9. The van der Waals surface area contributed by atoms with Gasteiger partial charge in [0.25, 0.3) is 0 Å². The van der Waals surface area contributed by atoms with Crippen LogP contribution >= 0.6 is 0 Å². The first-order chi connectivity index (χ1) is 5.74. The highest BCUT2D eigenvalue weighted by Gasteiger charge is 2.05. The summed E-state index contributed by atoms with van der Waals surface area (Å²) in [6.07, 6.45) is 0.718. The van der Waals surface area contributed by atoms with Crippen molar-refractivity contribution in [2.45, 2.75) is 26.3 Å². The summed E-state index contributed by atoms with van der Waals surface area (Å²) in [5.41, 5.74) is 0. The van der Waals surface area contributed by atoms with Gasteiger partial charge >= 0.3 is 0 Å². The van der Waals surface area contributed by atoms with Crippen molar-refractivity contribution in [1.29, 1.82) is 5.26 Å². The minimum atomic E-state index is -0.215. The molecule has 0 bridgehead atoms. The van der Waals surface area contributed by atoms with E-state index in [-0.39, 0.29) is 18.5 Å². The van der Waals surface area contributed by atoms with Crippen molar-refractivity contribution in [1.82, 2.24) is 10.6 Å². The Balaban J connectivity index is 3.53. The third-order valence-corrected chi connectivity index (χ3v) is 1.45. The molecule has 4 nitrogen and oxygen atoms in total. The van der Waals surface area contributed by atoms with E-state index in [2.05, 4.69) is 16.7 Å². The number of likely N-dealkylation sites (N-methyl/N-ethyl adjacent to an activating group) is 1. The molecule has 4 heteroatoms. The molecule has 0 fully saturated rings. The van der Waals surface area contributed by atoms with Crippen LogP contribution in [0, 0.1) is 11.3 Å². The molecular formula is C8H15N3O. The lowest BCUT2D eigenvalue weighted by Gasteiger charge is -2.07. The van der Waals surface area contributed by atoms with Crippen molar-refractivity contribution >= 4 is 5.91 Å². The van der Waals surface area contributed by atoms with E-state index in [1.807, 2.05) is 13.8 Å². The summed E-state index contributed by atoms with van der Waals surface area (Å²) < 4.78 is 0. The zero-order valence-electron chi connectivity index (χ0n) is 7.55. The molecule has 1 unspecified atom stereocenters. The molecule has 0 saturated carbocycles. The quantitative estimate of drug-likeness (QED) is 0.609. The Kier molecular flexibility index (Phi) is 6.02. The maximum absolute atomic E-state index is 10.9. The van der Waals surface area contributed by atoms with Gasteiger partial charge in [-0.3, -0.25) is 10.1 Å². The molecule has 0 aliphatic carbocycles. The van der Waals surface area contributed by atoms with Gasteiger partial charge in [0, 0.05) is 6.54 Å². The Morgan fingerprint density at radius 2 is 2.25 bits per heavy atom. The van der Waals surface area contributed by atoms with Gasteiger partial charge in [-0.05, 0) is 13.3 Å². The predicted molar refractivity (Wildman–Crippen MR) is 46.4 cm³/mol. The number of nitrogens with one attached hydrogen (secondary N) is 2. The maximum Gasteiger partial charge on any atom is 0.233 e. The fraction of sp³-hybridized carbons (Fsp3) is 0.750. The van der Waals surface area contributed by atoms with Crippen LogP contribution in [0.3, 0.4) is 0 Å². The van der Waals surface area contributed by atoms with Crippen LogP contribution in [0.15, 0.2) is 0 Å². The van der Waals surface area contributed by atoms with E-state index in [4.69, 9.17) is 5.26 Å². The first-order valence-corrected chi connectivity index (χ1v) is 4.14. The summed E-state index contributed by atoms with van der Waals surface area (Å²) >= 11 is 0. The second kappa shape index (κ2) is 6.62. The van der Waals surface area contributed by atoms with Crippen LogP contribution in [0.4, 0.5) is 0 Å². The normalized spacial score (nSPS) is 11.8. The summed E-state index contributed by atoms with van der Waals surface area (Å²) in [6.45, 7) is 4.61. The zero-order valence-corrected chi connectivity index (χ0v) is 7.55. The molecule has 12 heavy (non-hydrogen) atoms. The van der Waals surface area contributed by atoms with E-state index in [0.29, 0.717) is 6.54 Å². The molecule has 0 rings (SSSR count). The van der Waals surface area contributed by atoms with Gasteiger partial charge in [-0.2, -0.15) is 5.26 Å². The molecule has 0 spiro atoms. The van der Waals surface area contributed by atoms with Gasteiger partial charge in [-0.1, -0.05) is 6.92 Å². The van der Waals surface area contributed by atoms with E-state index in [1.54, 1.807) is 0 Å². The van der Waals surface area contributed by atoms with Crippen LogP contribution in [0.25, 0.3) is 0 Å². The van der Waals surface area contributed by atoms with E-state index < -0.39 is 0 Å². The number of hydrogen-bond donors (Lipinski definition) is 2. The minimum absolute atomic E-state index is 0.0637. The number of rotatable bonds is 5. The van der Waals surface area contributed by atoms with Crippen LogP contribution < -0.4 is 10.6 Å². The average molecular weight is 169 g/mol. The number of hydrogen-bond acceptors (Lipinski definition) is 3. The summed E-state index contributed by atoms with van der Waals surface area (Å²) in [6, 6.07) is 1.84. The standard InChI is InChI=1S/C8H15N3O/c1-3-7(5-9)11-6-8(12)10-4-2/h7,11H,3-4,6H2,1-2H3,(H,10,12). The van der Waals surface area contributed by atoms with Crippen molar-refractivity contribution in [3.8, 4) is 6.07 Å². The van der Waals surface area contributed by atoms with Crippen LogP contribution in [0.5, 0.6) is 0 Å². The molecule has 1 amide bonds. The molecule has 68 valence electrons. The van der Waals surface area contributed by atoms with Gasteiger partial charge in [0.2, 0.25) is 5.91 Å². The Labute approximate surface area is 72.9 Å². The molecule has 0 aromatic rings. The molecule has 0 aliphatic rings. The lowest BCUT2D eigenvalue weighted by molar-refractivity contribution is -0.120. The summed E-state index contributed by atoms with van der Waals surface area (Å²) in [7, 11) is 0. The second-order valence-corrected chi connectivity index (χ2v) is 2.42. The van der Waals surface area contributed by atoms with Crippen LogP contribution in [-0.2, 0) is 4.79 Å². The second-order valence-electron chi connectivity index (χ2n) is 2.42. The summed E-state index contributed by atoms with van der Waals surface area (Å²) in [4.78, 5) is 10.9. The number of carbonyl (C=O) groups is 1. The van der Waals surface area contributed by atoms with Crippen molar-refractivity contribution in [2.24, 2.45) is 0 Å². The highest BCUT2D eigenvalue weighted by molar-refractivity contribution is 5.77. The largest absolute Gasteiger partial charge is 0.355 e. The Morgan fingerprint density at radius 3 is 2.67 bits per heavy atom. The lowest BCUT2D eigenvalue weighted by Crippen LogP contribution is -2.38. The number of carbonyl (C=O) groups excluding carboxylic acids is 1. The molecule has 0 heterocycles. The van der Waals surface area contributed by atoms with Crippen LogP contribution in [0.2, 0.25) is 0 Å². The van der Waals surface area contributed by atoms with E-state index in [1.165, 1.54) is 0 Å².